The molecule has 4 nitrogen and oxygen atoms in total. The fourth-order valence-corrected chi connectivity index (χ4v) is 2.89. The summed E-state index contributed by atoms with van der Waals surface area (Å²) in [7, 11) is 0. The van der Waals surface area contributed by atoms with Crippen LogP contribution in [0.3, 0.4) is 0 Å². The maximum absolute atomic E-state index is 11.2. The number of aliphatic carboxylic acids is 1. The van der Waals surface area contributed by atoms with E-state index < -0.39 is 17.5 Å². The van der Waals surface area contributed by atoms with Gasteiger partial charge in [0.05, 0.1) is 6.10 Å². The van der Waals surface area contributed by atoms with Crippen molar-refractivity contribution >= 4 is 17.3 Å². The Bertz CT molecular complexity index is 440. The van der Waals surface area contributed by atoms with E-state index in [4.69, 9.17) is 10.4 Å². The lowest BCUT2D eigenvalue weighted by Gasteiger charge is -2.40. The van der Waals surface area contributed by atoms with E-state index in [9.17, 15) is 9.90 Å². The number of nitrogens with zero attached hydrogens (tertiary/aromatic N) is 1. The van der Waals surface area contributed by atoms with E-state index in [2.05, 4.69) is 0 Å². The van der Waals surface area contributed by atoms with Gasteiger partial charge in [0, 0.05) is 4.88 Å². The molecule has 1 aromatic rings. The molecule has 0 aliphatic heterocycles. The van der Waals surface area contributed by atoms with Crippen molar-refractivity contribution in [3.8, 4) is 6.07 Å². The highest BCUT2D eigenvalue weighted by molar-refractivity contribution is 7.12. The lowest BCUT2D eigenvalue weighted by atomic mass is 9.66. The highest BCUT2D eigenvalue weighted by Crippen LogP contribution is 2.46. The molecule has 78 valence electrons. The van der Waals surface area contributed by atoms with Crippen LogP contribution in [0.2, 0.25) is 0 Å². The Hall–Kier alpha value is -1.38. The van der Waals surface area contributed by atoms with Crippen LogP contribution >= 0.6 is 11.3 Å². The van der Waals surface area contributed by atoms with E-state index in [0.29, 0.717) is 9.75 Å². The zero-order chi connectivity index (χ0) is 11.1. The zero-order valence-electron chi connectivity index (χ0n) is 7.80. The Balaban J connectivity index is 2.35. The Labute approximate surface area is 90.4 Å². The Morgan fingerprint density at radius 1 is 1.60 bits per heavy atom. The van der Waals surface area contributed by atoms with Crippen LogP contribution in [0.4, 0.5) is 0 Å². The third-order valence-electron chi connectivity index (χ3n) is 2.77. The Kier molecular flexibility index (Phi) is 2.25. The lowest BCUT2D eigenvalue weighted by Crippen LogP contribution is -2.50. The van der Waals surface area contributed by atoms with Gasteiger partial charge in [-0.15, -0.1) is 11.3 Å². The van der Waals surface area contributed by atoms with Gasteiger partial charge in [-0.25, -0.2) is 0 Å². The molecule has 0 saturated heterocycles. The third kappa shape index (κ3) is 1.42. The van der Waals surface area contributed by atoms with Crippen LogP contribution in [-0.4, -0.2) is 22.3 Å². The number of carboxylic acids is 1. The molecule has 1 fully saturated rings. The quantitative estimate of drug-likeness (QED) is 0.786. The van der Waals surface area contributed by atoms with E-state index >= 15 is 0 Å². The van der Waals surface area contributed by atoms with Gasteiger partial charge in [0.2, 0.25) is 0 Å². The normalized spacial score (nSPS) is 29.2. The number of hydrogen-bond donors (Lipinski definition) is 2. The molecule has 0 amide bonds. The first kappa shape index (κ1) is 10.1. The summed E-state index contributed by atoms with van der Waals surface area (Å²) < 4.78 is 0. The Morgan fingerprint density at radius 2 is 2.27 bits per heavy atom. The van der Waals surface area contributed by atoms with Crippen molar-refractivity contribution in [3.05, 3.63) is 21.9 Å². The SMILES string of the molecule is N#Cc1ccc(C2(C(=O)O)CC(O)C2)s1. The van der Waals surface area contributed by atoms with Gasteiger partial charge in [-0.05, 0) is 25.0 Å². The second kappa shape index (κ2) is 3.33. The van der Waals surface area contributed by atoms with E-state index in [1.807, 2.05) is 6.07 Å². The van der Waals surface area contributed by atoms with E-state index in [1.165, 1.54) is 11.3 Å². The highest BCUT2D eigenvalue weighted by Gasteiger charge is 2.52. The molecule has 1 aliphatic carbocycles. The predicted octanol–water partition coefficient (Wildman–Crippen LogP) is 1.10. The summed E-state index contributed by atoms with van der Waals surface area (Å²) in [5.74, 6) is -0.917. The fourth-order valence-electron chi connectivity index (χ4n) is 1.88. The number of aliphatic hydroxyl groups excluding tert-OH is 1. The van der Waals surface area contributed by atoms with Crippen LogP contribution in [0.5, 0.6) is 0 Å². The molecule has 0 bridgehead atoms. The van der Waals surface area contributed by atoms with Crippen LogP contribution in [-0.2, 0) is 10.2 Å². The third-order valence-corrected chi connectivity index (χ3v) is 3.96. The van der Waals surface area contributed by atoms with Crippen molar-refractivity contribution in [1.82, 2.24) is 0 Å². The Morgan fingerprint density at radius 3 is 2.67 bits per heavy atom. The minimum absolute atomic E-state index is 0.244. The maximum atomic E-state index is 11.2. The highest BCUT2D eigenvalue weighted by atomic mass is 32.1. The summed E-state index contributed by atoms with van der Waals surface area (Å²) in [6, 6.07) is 5.27. The van der Waals surface area contributed by atoms with Crippen LogP contribution in [0, 0.1) is 11.3 Å². The number of aliphatic hydroxyl groups is 1. The molecule has 2 N–H and O–H groups in total. The number of thiophene rings is 1. The number of carboxylic acid groups (broad SMARTS) is 1. The first-order valence-corrected chi connectivity index (χ1v) is 5.32. The molecule has 0 unspecified atom stereocenters. The molecule has 1 heterocycles. The van der Waals surface area contributed by atoms with Crippen molar-refractivity contribution in [2.24, 2.45) is 0 Å². The van der Waals surface area contributed by atoms with Crippen molar-refractivity contribution < 1.29 is 15.0 Å². The molecule has 2 rings (SSSR count). The van der Waals surface area contributed by atoms with Crippen molar-refractivity contribution in [2.75, 3.05) is 0 Å². The van der Waals surface area contributed by atoms with Gasteiger partial charge in [-0.2, -0.15) is 5.26 Å². The van der Waals surface area contributed by atoms with Crippen LogP contribution in [0.15, 0.2) is 12.1 Å². The number of carbonyl (C=O) groups is 1. The molecular weight excluding hydrogens is 214 g/mol. The molecule has 1 saturated carbocycles. The smallest absolute Gasteiger partial charge is 0.315 e. The number of hydrogen-bond acceptors (Lipinski definition) is 4. The second-order valence-electron chi connectivity index (χ2n) is 3.73. The molecular formula is C10H9NO3S. The average Bonchev–Trinajstić information content (AvgIpc) is 2.60. The monoisotopic (exact) mass is 223 g/mol. The number of nitriles is 1. The summed E-state index contributed by atoms with van der Waals surface area (Å²) in [6.45, 7) is 0. The molecule has 0 aromatic carbocycles. The van der Waals surface area contributed by atoms with E-state index in [0.717, 1.165) is 0 Å². The summed E-state index contributed by atoms with van der Waals surface area (Å²) in [5.41, 5.74) is -0.959. The summed E-state index contributed by atoms with van der Waals surface area (Å²) >= 11 is 1.19. The van der Waals surface area contributed by atoms with Crippen LogP contribution in [0.25, 0.3) is 0 Å². The van der Waals surface area contributed by atoms with Crippen LogP contribution < -0.4 is 0 Å². The second-order valence-corrected chi connectivity index (χ2v) is 4.81. The van der Waals surface area contributed by atoms with Gasteiger partial charge in [0.15, 0.2) is 0 Å². The van der Waals surface area contributed by atoms with Gasteiger partial charge < -0.3 is 10.2 Å². The maximum Gasteiger partial charge on any atom is 0.315 e. The van der Waals surface area contributed by atoms with Crippen molar-refractivity contribution in [3.63, 3.8) is 0 Å². The van der Waals surface area contributed by atoms with E-state index in [1.54, 1.807) is 12.1 Å². The zero-order valence-corrected chi connectivity index (χ0v) is 8.62. The predicted molar refractivity (Wildman–Crippen MR) is 53.6 cm³/mol. The molecule has 0 atom stereocenters. The molecule has 1 aliphatic rings. The average molecular weight is 223 g/mol. The summed E-state index contributed by atoms with van der Waals surface area (Å²) in [5, 5.41) is 27.0. The van der Waals surface area contributed by atoms with Gasteiger partial charge in [0.25, 0.3) is 0 Å². The summed E-state index contributed by atoms with van der Waals surface area (Å²) in [4.78, 5) is 12.3. The minimum Gasteiger partial charge on any atom is -0.481 e. The molecule has 1 aromatic heterocycles. The fraction of sp³-hybridized carbons (Fsp3) is 0.400. The van der Waals surface area contributed by atoms with Crippen molar-refractivity contribution in [1.29, 1.82) is 5.26 Å². The first-order valence-electron chi connectivity index (χ1n) is 4.50. The van der Waals surface area contributed by atoms with Gasteiger partial charge >= 0.3 is 5.97 Å². The molecule has 0 radical (unpaired) electrons. The van der Waals surface area contributed by atoms with Gasteiger partial charge in [-0.1, -0.05) is 0 Å². The van der Waals surface area contributed by atoms with E-state index in [-0.39, 0.29) is 12.8 Å². The molecule has 0 spiro atoms. The topological polar surface area (TPSA) is 81.3 Å². The first-order chi connectivity index (χ1) is 7.08. The largest absolute Gasteiger partial charge is 0.481 e. The van der Waals surface area contributed by atoms with Gasteiger partial charge in [-0.3, -0.25) is 4.79 Å². The summed E-state index contributed by atoms with van der Waals surface area (Å²) in [6.07, 6.45) is -0.0460. The molecule has 15 heavy (non-hydrogen) atoms. The number of rotatable bonds is 2. The minimum atomic E-state index is -0.959. The molecule has 5 heteroatoms. The van der Waals surface area contributed by atoms with Crippen molar-refractivity contribution in [2.45, 2.75) is 24.4 Å². The standard InChI is InChI=1S/C10H9NO3S/c11-5-7-1-2-8(15-7)10(9(13)14)3-6(12)4-10/h1-2,6,12H,3-4H2,(H,13,14). The van der Waals surface area contributed by atoms with Gasteiger partial charge in [0.1, 0.15) is 16.4 Å². The van der Waals surface area contributed by atoms with Crippen LogP contribution in [0.1, 0.15) is 22.6 Å². The lowest BCUT2D eigenvalue weighted by molar-refractivity contribution is -0.152.